The van der Waals surface area contributed by atoms with Gasteiger partial charge in [0.15, 0.2) is 0 Å². The summed E-state index contributed by atoms with van der Waals surface area (Å²) >= 11 is 0. The summed E-state index contributed by atoms with van der Waals surface area (Å²) in [6.07, 6.45) is -0.185. The Morgan fingerprint density at radius 1 is 1.44 bits per heavy atom. The molecule has 1 rings (SSSR count). The van der Waals surface area contributed by atoms with Crippen molar-refractivity contribution in [3.05, 3.63) is 29.8 Å². The maximum Gasteiger partial charge on any atom is 0.307 e. The van der Waals surface area contributed by atoms with Crippen LogP contribution in [0.4, 0.5) is 0 Å². The highest BCUT2D eigenvalue weighted by molar-refractivity contribution is 7.89. The summed E-state index contributed by atoms with van der Waals surface area (Å²) in [4.78, 5) is 10.6. The minimum atomic E-state index is -3.51. The van der Waals surface area contributed by atoms with Crippen LogP contribution in [0.2, 0.25) is 0 Å². The van der Waals surface area contributed by atoms with Gasteiger partial charge in [0.1, 0.15) is 0 Å². The van der Waals surface area contributed by atoms with E-state index in [1.807, 2.05) is 0 Å². The van der Waals surface area contributed by atoms with Gasteiger partial charge in [0.05, 0.1) is 11.3 Å². The minimum absolute atomic E-state index is 0.0908. The Hall–Kier alpha value is -1.40. The van der Waals surface area contributed by atoms with Crippen LogP contribution >= 0.6 is 0 Å². The molecule has 0 saturated heterocycles. The number of sulfonamides is 1. The van der Waals surface area contributed by atoms with Crippen molar-refractivity contribution in [2.45, 2.75) is 18.2 Å². The van der Waals surface area contributed by atoms with E-state index in [9.17, 15) is 13.2 Å². The largest absolute Gasteiger partial charge is 0.481 e. The van der Waals surface area contributed by atoms with Gasteiger partial charge in [-0.15, -0.1) is 0 Å². The molecule has 0 bridgehead atoms. The average molecular weight is 243 g/mol. The first-order valence-electron chi connectivity index (χ1n) is 4.76. The number of aliphatic carboxylic acids is 1. The maximum atomic E-state index is 11.6. The van der Waals surface area contributed by atoms with Gasteiger partial charge in [-0.3, -0.25) is 4.79 Å². The second-order valence-corrected chi connectivity index (χ2v) is 4.99. The number of carbonyl (C=O) groups is 1. The Bertz CT molecular complexity index is 481. The molecule has 2 N–H and O–H groups in total. The van der Waals surface area contributed by atoms with Crippen molar-refractivity contribution in [2.24, 2.45) is 0 Å². The van der Waals surface area contributed by atoms with E-state index in [-0.39, 0.29) is 11.3 Å². The lowest BCUT2D eigenvalue weighted by Gasteiger charge is -2.05. The van der Waals surface area contributed by atoms with E-state index in [0.29, 0.717) is 12.1 Å². The predicted molar refractivity (Wildman–Crippen MR) is 58.6 cm³/mol. The van der Waals surface area contributed by atoms with E-state index in [2.05, 4.69) is 4.72 Å². The van der Waals surface area contributed by atoms with E-state index in [1.165, 1.54) is 18.2 Å². The lowest BCUT2D eigenvalue weighted by atomic mass is 10.2. The van der Waals surface area contributed by atoms with Crippen LogP contribution in [0.25, 0.3) is 0 Å². The molecule has 1 aromatic carbocycles. The van der Waals surface area contributed by atoms with Gasteiger partial charge in [0.25, 0.3) is 0 Å². The lowest BCUT2D eigenvalue weighted by Crippen LogP contribution is -2.23. The van der Waals surface area contributed by atoms with Gasteiger partial charge in [-0.25, -0.2) is 13.1 Å². The summed E-state index contributed by atoms with van der Waals surface area (Å²) in [5, 5.41) is 8.60. The fourth-order valence-electron chi connectivity index (χ4n) is 1.27. The second kappa shape index (κ2) is 5.09. The maximum absolute atomic E-state index is 11.6. The molecule has 5 nitrogen and oxygen atoms in total. The first-order chi connectivity index (χ1) is 7.45. The van der Waals surface area contributed by atoms with Crippen LogP contribution < -0.4 is 4.72 Å². The van der Waals surface area contributed by atoms with Crippen LogP contribution in [-0.4, -0.2) is 26.0 Å². The summed E-state index contributed by atoms with van der Waals surface area (Å²) in [5.41, 5.74) is 0.464. The molecule has 16 heavy (non-hydrogen) atoms. The highest BCUT2D eigenvalue weighted by Gasteiger charge is 2.13. The standard InChI is InChI=1S/C10H13NO4S/c1-2-11-16(14,15)9-5-3-4-8(6-9)7-10(12)13/h3-6,11H,2,7H2,1H3,(H,12,13). The third-order valence-corrected chi connectivity index (χ3v) is 3.44. The average Bonchev–Trinajstić information content (AvgIpc) is 2.17. The number of hydrogen-bond acceptors (Lipinski definition) is 3. The summed E-state index contributed by atoms with van der Waals surface area (Å²) in [6.45, 7) is 1.98. The Kier molecular flexibility index (Phi) is 4.03. The van der Waals surface area contributed by atoms with Crippen molar-refractivity contribution in [1.82, 2.24) is 4.72 Å². The van der Waals surface area contributed by atoms with Gasteiger partial charge in [0, 0.05) is 6.54 Å². The number of nitrogens with one attached hydrogen (secondary N) is 1. The smallest absolute Gasteiger partial charge is 0.307 e. The molecule has 0 radical (unpaired) electrons. The number of hydrogen-bond donors (Lipinski definition) is 2. The van der Waals surface area contributed by atoms with Crippen molar-refractivity contribution in [1.29, 1.82) is 0 Å². The summed E-state index contributed by atoms with van der Waals surface area (Å²) in [6, 6.07) is 5.91. The molecule has 0 fully saturated rings. The summed E-state index contributed by atoms with van der Waals surface area (Å²) in [5.74, 6) is -0.988. The molecule has 6 heteroatoms. The van der Waals surface area contributed by atoms with Crippen molar-refractivity contribution in [3.63, 3.8) is 0 Å². The van der Waals surface area contributed by atoms with Crippen LogP contribution in [0, 0.1) is 0 Å². The van der Waals surface area contributed by atoms with Crippen molar-refractivity contribution in [3.8, 4) is 0 Å². The van der Waals surface area contributed by atoms with Gasteiger partial charge in [-0.2, -0.15) is 0 Å². The van der Waals surface area contributed by atoms with E-state index in [0.717, 1.165) is 0 Å². The second-order valence-electron chi connectivity index (χ2n) is 3.22. The molecular formula is C10H13NO4S. The first-order valence-corrected chi connectivity index (χ1v) is 6.24. The third-order valence-electron chi connectivity index (χ3n) is 1.90. The van der Waals surface area contributed by atoms with E-state index in [4.69, 9.17) is 5.11 Å². The van der Waals surface area contributed by atoms with Crippen LogP contribution in [0.15, 0.2) is 29.2 Å². The van der Waals surface area contributed by atoms with Crippen LogP contribution in [0.1, 0.15) is 12.5 Å². The predicted octanol–water partition coefficient (Wildman–Crippen LogP) is 0.612. The molecule has 0 aliphatic rings. The molecule has 0 saturated carbocycles. The summed E-state index contributed by atoms with van der Waals surface area (Å²) < 4.78 is 25.6. The Balaban J connectivity index is 3.03. The third kappa shape index (κ3) is 3.32. The zero-order valence-electron chi connectivity index (χ0n) is 8.80. The van der Waals surface area contributed by atoms with Crippen LogP contribution in [0.5, 0.6) is 0 Å². The molecule has 1 aromatic rings. The normalized spacial score (nSPS) is 11.3. The van der Waals surface area contributed by atoms with Crippen LogP contribution in [0.3, 0.4) is 0 Å². The number of carboxylic acid groups (broad SMARTS) is 1. The summed E-state index contributed by atoms with van der Waals surface area (Å²) in [7, 11) is -3.51. The van der Waals surface area contributed by atoms with E-state index < -0.39 is 16.0 Å². The molecule has 0 heterocycles. The zero-order valence-corrected chi connectivity index (χ0v) is 9.62. The zero-order chi connectivity index (χ0) is 12.2. The lowest BCUT2D eigenvalue weighted by molar-refractivity contribution is -0.136. The molecule has 0 unspecified atom stereocenters. The van der Waals surface area contributed by atoms with Crippen LogP contribution in [-0.2, 0) is 21.2 Å². The molecule has 0 aromatic heterocycles. The molecular weight excluding hydrogens is 230 g/mol. The Morgan fingerprint density at radius 3 is 2.69 bits per heavy atom. The van der Waals surface area contributed by atoms with Gasteiger partial charge < -0.3 is 5.11 Å². The first kappa shape index (κ1) is 12.7. The Labute approximate surface area is 94.2 Å². The molecule has 0 aliphatic carbocycles. The molecule has 0 amide bonds. The highest BCUT2D eigenvalue weighted by Crippen LogP contribution is 2.11. The van der Waals surface area contributed by atoms with Gasteiger partial charge in [-0.05, 0) is 17.7 Å². The monoisotopic (exact) mass is 243 g/mol. The molecule has 0 atom stereocenters. The van der Waals surface area contributed by atoms with Crippen molar-refractivity contribution < 1.29 is 18.3 Å². The topological polar surface area (TPSA) is 83.5 Å². The van der Waals surface area contributed by atoms with Gasteiger partial charge >= 0.3 is 5.97 Å². The van der Waals surface area contributed by atoms with Crippen molar-refractivity contribution >= 4 is 16.0 Å². The quantitative estimate of drug-likeness (QED) is 0.793. The molecule has 0 aliphatic heterocycles. The number of rotatable bonds is 5. The number of benzene rings is 1. The molecule has 88 valence electrons. The molecule has 0 spiro atoms. The van der Waals surface area contributed by atoms with Gasteiger partial charge in [0.2, 0.25) is 10.0 Å². The fourth-order valence-corrected chi connectivity index (χ4v) is 2.38. The minimum Gasteiger partial charge on any atom is -0.481 e. The van der Waals surface area contributed by atoms with Crippen molar-refractivity contribution in [2.75, 3.05) is 6.54 Å². The fraction of sp³-hybridized carbons (Fsp3) is 0.300. The van der Waals surface area contributed by atoms with E-state index >= 15 is 0 Å². The number of carboxylic acids is 1. The van der Waals surface area contributed by atoms with Gasteiger partial charge in [-0.1, -0.05) is 19.1 Å². The Morgan fingerprint density at radius 2 is 2.12 bits per heavy atom. The SMILES string of the molecule is CCNS(=O)(=O)c1cccc(CC(=O)O)c1. The highest BCUT2D eigenvalue weighted by atomic mass is 32.2. The van der Waals surface area contributed by atoms with E-state index in [1.54, 1.807) is 13.0 Å².